The average molecular weight is 265 g/mol. The van der Waals surface area contributed by atoms with Crippen LogP contribution in [-0.2, 0) is 16.1 Å². The zero-order valence-electron chi connectivity index (χ0n) is 11.1. The molecule has 6 N–H and O–H groups in total. The fourth-order valence-corrected chi connectivity index (χ4v) is 1.97. The molecule has 0 aliphatic heterocycles. The van der Waals surface area contributed by atoms with Gasteiger partial charge in [0.05, 0.1) is 13.1 Å². The van der Waals surface area contributed by atoms with Gasteiger partial charge in [-0.3, -0.25) is 14.6 Å². The second-order valence-electron chi connectivity index (χ2n) is 4.34. The van der Waals surface area contributed by atoms with Gasteiger partial charge in [-0.25, -0.2) is 0 Å². The Hall–Kier alpha value is -2.15. The van der Waals surface area contributed by atoms with Crippen molar-refractivity contribution in [3.05, 3.63) is 23.0 Å². The first-order valence-electron chi connectivity index (χ1n) is 5.84. The maximum Gasteiger partial charge on any atom is 0.236 e. The van der Waals surface area contributed by atoms with Gasteiger partial charge in [-0.05, 0) is 19.9 Å². The summed E-state index contributed by atoms with van der Waals surface area (Å²) in [4.78, 5) is 28.1. The number of rotatable bonds is 6. The minimum atomic E-state index is -0.545. The Morgan fingerprint density at radius 3 is 2.16 bits per heavy atom. The van der Waals surface area contributed by atoms with Crippen molar-refractivity contribution in [3.8, 4) is 0 Å². The van der Waals surface area contributed by atoms with E-state index in [4.69, 9.17) is 17.2 Å². The Morgan fingerprint density at radius 2 is 1.74 bits per heavy atom. The van der Waals surface area contributed by atoms with Gasteiger partial charge < -0.3 is 22.1 Å². The van der Waals surface area contributed by atoms with Crippen molar-refractivity contribution in [2.45, 2.75) is 20.4 Å². The fourth-order valence-electron chi connectivity index (χ4n) is 1.97. The second-order valence-corrected chi connectivity index (χ2v) is 4.34. The van der Waals surface area contributed by atoms with Crippen molar-refractivity contribution in [3.63, 3.8) is 0 Å². The zero-order valence-corrected chi connectivity index (χ0v) is 11.1. The van der Waals surface area contributed by atoms with Gasteiger partial charge in [0.2, 0.25) is 11.8 Å². The van der Waals surface area contributed by atoms with Crippen molar-refractivity contribution in [2.24, 2.45) is 17.2 Å². The van der Waals surface area contributed by atoms with Crippen LogP contribution in [0.2, 0.25) is 0 Å². The van der Waals surface area contributed by atoms with Gasteiger partial charge in [-0.2, -0.15) is 0 Å². The predicted octanol–water partition coefficient (Wildman–Crippen LogP) is -1.07. The second kappa shape index (κ2) is 6.14. The average Bonchev–Trinajstić information content (AvgIpc) is 2.25. The summed E-state index contributed by atoms with van der Waals surface area (Å²) in [5.41, 5.74) is 19.1. The number of aromatic nitrogens is 1. The molecule has 1 heterocycles. The highest BCUT2D eigenvalue weighted by Gasteiger charge is 2.17. The molecule has 0 radical (unpaired) electrons. The topological polar surface area (TPSA) is 128 Å². The summed E-state index contributed by atoms with van der Waals surface area (Å²) in [6, 6.07) is 1.76. The molecule has 0 spiro atoms. The van der Waals surface area contributed by atoms with E-state index in [1.165, 1.54) is 4.90 Å². The highest BCUT2D eigenvalue weighted by Crippen LogP contribution is 2.23. The summed E-state index contributed by atoms with van der Waals surface area (Å²) in [6.45, 7) is 3.70. The SMILES string of the molecule is Cc1cc(N(CC(N)=O)CC(N)=O)c(CN)c(C)n1. The number of anilines is 1. The van der Waals surface area contributed by atoms with E-state index >= 15 is 0 Å². The standard InChI is InChI=1S/C12H19N5O2/c1-7-3-10(9(4-13)8(2)16-7)17(5-11(14)18)6-12(15)19/h3H,4-6,13H2,1-2H3,(H2,14,18)(H2,15,19). The van der Waals surface area contributed by atoms with Gasteiger partial charge in [0.1, 0.15) is 0 Å². The lowest BCUT2D eigenvalue weighted by Gasteiger charge is -2.25. The van der Waals surface area contributed by atoms with Crippen LogP contribution in [0.1, 0.15) is 17.0 Å². The largest absolute Gasteiger partial charge is 0.368 e. The van der Waals surface area contributed by atoms with Gasteiger partial charge in [0, 0.05) is 29.2 Å². The lowest BCUT2D eigenvalue weighted by atomic mass is 10.1. The molecule has 104 valence electrons. The number of carbonyl (C=O) groups excluding carboxylic acids is 2. The van der Waals surface area contributed by atoms with E-state index in [2.05, 4.69) is 4.98 Å². The smallest absolute Gasteiger partial charge is 0.236 e. The third kappa shape index (κ3) is 3.92. The van der Waals surface area contributed by atoms with E-state index in [1.54, 1.807) is 6.07 Å². The molecule has 0 saturated carbocycles. The van der Waals surface area contributed by atoms with Crippen LogP contribution < -0.4 is 22.1 Å². The highest BCUT2D eigenvalue weighted by atomic mass is 16.2. The lowest BCUT2D eigenvalue weighted by molar-refractivity contribution is -0.117. The number of primary amides is 2. The number of hydrogen-bond acceptors (Lipinski definition) is 5. The fraction of sp³-hybridized carbons (Fsp3) is 0.417. The van der Waals surface area contributed by atoms with Crippen molar-refractivity contribution in [1.29, 1.82) is 0 Å². The molecule has 1 aromatic rings. The van der Waals surface area contributed by atoms with Crippen LogP contribution in [0.5, 0.6) is 0 Å². The Morgan fingerprint density at radius 1 is 1.21 bits per heavy atom. The van der Waals surface area contributed by atoms with E-state index in [-0.39, 0.29) is 19.6 Å². The molecule has 19 heavy (non-hydrogen) atoms. The molecular formula is C12H19N5O2. The molecule has 0 aromatic carbocycles. The van der Waals surface area contributed by atoms with E-state index in [9.17, 15) is 9.59 Å². The van der Waals surface area contributed by atoms with Crippen molar-refractivity contribution in [2.75, 3.05) is 18.0 Å². The Kier molecular flexibility index (Phi) is 4.82. The number of pyridine rings is 1. The summed E-state index contributed by atoms with van der Waals surface area (Å²) in [5.74, 6) is -1.09. The summed E-state index contributed by atoms with van der Waals surface area (Å²) < 4.78 is 0. The molecule has 2 amide bonds. The van der Waals surface area contributed by atoms with Crippen LogP contribution in [0, 0.1) is 13.8 Å². The molecule has 0 aliphatic rings. The minimum absolute atomic E-state index is 0.0984. The van der Waals surface area contributed by atoms with E-state index in [0.717, 1.165) is 17.0 Å². The Balaban J connectivity index is 3.27. The van der Waals surface area contributed by atoms with Gasteiger partial charge in [0.25, 0.3) is 0 Å². The minimum Gasteiger partial charge on any atom is -0.368 e. The summed E-state index contributed by atoms with van der Waals surface area (Å²) in [6.07, 6.45) is 0. The van der Waals surface area contributed by atoms with E-state index < -0.39 is 11.8 Å². The van der Waals surface area contributed by atoms with Gasteiger partial charge in [-0.1, -0.05) is 0 Å². The molecular weight excluding hydrogens is 246 g/mol. The lowest BCUT2D eigenvalue weighted by Crippen LogP contribution is -2.40. The zero-order chi connectivity index (χ0) is 14.6. The molecule has 0 bridgehead atoms. The van der Waals surface area contributed by atoms with Crippen molar-refractivity contribution >= 4 is 17.5 Å². The van der Waals surface area contributed by atoms with Gasteiger partial charge in [0.15, 0.2) is 0 Å². The number of amides is 2. The first-order chi connectivity index (χ1) is 8.85. The molecule has 1 rings (SSSR count). The first-order valence-corrected chi connectivity index (χ1v) is 5.84. The van der Waals surface area contributed by atoms with Crippen LogP contribution in [0.3, 0.4) is 0 Å². The highest BCUT2D eigenvalue weighted by molar-refractivity contribution is 5.85. The maximum atomic E-state index is 11.1. The van der Waals surface area contributed by atoms with Crippen molar-refractivity contribution < 1.29 is 9.59 Å². The van der Waals surface area contributed by atoms with Gasteiger partial charge in [-0.15, -0.1) is 0 Å². The molecule has 1 aromatic heterocycles. The number of aryl methyl sites for hydroxylation is 2. The summed E-state index contributed by atoms with van der Waals surface area (Å²) in [7, 11) is 0. The number of nitrogens with zero attached hydrogens (tertiary/aromatic N) is 2. The molecule has 7 nitrogen and oxygen atoms in total. The first kappa shape index (κ1) is 14.9. The number of carbonyl (C=O) groups is 2. The maximum absolute atomic E-state index is 11.1. The van der Waals surface area contributed by atoms with Gasteiger partial charge >= 0.3 is 0 Å². The third-order valence-electron chi connectivity index (χ3n) is 2.67. The van der Waals surface area contributed by atoms with Crippen LogP contribution in [0.4, 0.5) is 5.69 Å². The molecule has 0 unspecified atom stereocenters. The number of hydrogen-bond donors (Lipinski definition) is 3. The Bertz CT molecular complexity index is 485. The molecule has 0 atom stereocenters. The van der Waals surface area contributed by atoms with Crippen LogP contribution in [0.25, 0.3) is 0 Å². The van der Waals surface area contributed by atoms with Crippen molar-refractivity contribution in [1.82, 2.24) is 4.98 Å². The molecule has 0 fully saturated rings. The van der Waals surface area contributed by atoms with Crippen LogP contribution in [-0.4, -0.2) is 29.9 Å². The number of nitrogens with two attached hydrogens (primary N) is 3. The molecule has 0 aliphatic carbocycles. The predicted molar refractivity (Wildman–Crippen MR) is 72.2 cm³/mol. The molecule has 0 saturated heterocycles. The monoisotopic (exact) mass is 265 g/mol. The Labute approximate surface area is 111 Å². The quantitative estimate of drug-likeness (QED) is 0.603. The van der Waals surface area contributed by atoms with Crippen LogP contribution in [0.15, 0.2) is 6.07 Å². The summed E-state index contributed by atoms with van der Waals surface area (Å²) in [5, 5.41) is 0. The third-order valence-corrected chi connectivity index (χ3v) is 2.67. The van der Waals surface area contributed by atoms with Crippen LogP contribution >= 0.6 is 0 Å². The normalized spacial score (nSPS) is 10.3. The van der Waals surface area contributed by atoms with E-state index in [1.807, 2.05) is 13.8 Å². The van der Waals surface area contributed by atoms with E-state index in [0.29, 0.717) is 5.69 Å². The molecule has 7 heteroatoms. The summed E-state index contributed by atoms with van der Waals surface area (Å²) >= 11 is 0.